The standard InChI is InChI=1S/C17H20N2OSi/c1-21(2,3)20-17(14-18,16-7-5-4-6-8-16)13-15-9-11-19-12-10-15/h4-12H,13H2,1-3H3. The maximum Gasteiger partial charge on any atom is 0.186 e. The molecule has 1 aromatic carbocycles. The molecule has 0 saturated carbocycles. The zero-order valence-corrected chi connectivity index (χ0v) is 13.7. The van der Waals surface area contributed by atoms with Crippen molar-refractivity contribution in [3.05, 3.63) is 66.0 Å². The van der Waals surface area contributed by atoms with E-state index in [1.165, 1.54) is 0 Å². The maximum absolute atomic E-state index is 9.89. The van der Waals surface area contributed by atoms with E-state index in [-0.39, 0.29) is 0 Å². The summed E-state index contributed by atoms with van der Waals surface area (Å²) in [6.07, 6.45) is 4.02. The van der Waals surface area contributed by atoms with Gasteiger partial charge in [-0.25, -0.2) is 0 Å². The molecule has 0 amide bonds. The van der Waals surface area contributed by atoms with E-state index in [4.69, 9.17) is 4.43 Å². The Bertz CT molecular complexity index is 617. The molecule has 2 aromatic rings. The molecule has 4 heteroatoms. The molecule has 21 heavy (non-hydrogen) atoms. The minimum Gasteiger partial charge on any atom is -0.396 e. The molecule has 1 unspecified atom stereocenters. The molecule has 0 aliphatic carbocycles. The predicted octanol–water partition coefficient (Wildman–Crippen LogP) is 3.89. The molecule has 108 valence electrons. The van der Waals surface area contributed by atoms with Crippen molar-refractivity contribution >= 4 is 8.32 Å². The van der Waals surface area contributed by atoms with Gasteiger partial charge in [-0.15, -0.1) is 0 Å². The summed E-state index contributed by atoms with van der Waals surface area (Å²) >= 11 is 0. The van der Waals surface area contributed by atoms with E-state index in [2.05, 4.69) is 30.7 Å². The highest BCUT2D eigenvalue weighted by atomic mass is 28.4. The van der Waals surface area contributed by atoms with Crippen molar-refractivity contribution in [1.29, 1.82) is 5.26 Å². The molecule has 0 aliphatic rings. The van der Waals surface area contributed by atoms with Gasteiger partial charge in [0.05, 0.1) is 0 Å². The second-order valence-electron chi connectivity index (χ2n) is 6.05. The molecular weight excluding hydrogens is 276 g/mol. The van der Waals surface area contributed by atoms with Crippen LogP contribution in [0.5, 0.6) is 0 Å². The highest BCUT2D eigenvalue weighted by molar-refractivity contribution is 6.69. The van der Waals surface area contributed by atoms with Gasteiger partial charge in [0.2, 0.25) is 0 Å². The van der Waals surface area contributed by atoms with Gasteiger partial charge < -0.3 is 4.43 Å². The molecule has 3 nitrogen and oxygen atoms in total. The van der Waals surface area contributed by atoms with Crippen LogP contribution in [0, 0.1) is 11.3 Å². The highest BCUT2D eigenvalue weighted by Gasteiger charge is 2.38. The first kappa shape index (κ1) is 15.4. The van der Waals surface area contributed by atoms with Gasteiger partial charge in [-0.3, -0.25) is 4.98 Å². The van der Waals surface area contributed by atoms with Crippen molar-refractivity contribution < 1.29 is 4.43 Å². The fourth-order valence-electron chi connectivity index (χ4n) is 2.34. The third-order valence-electron chi connectivity index (χ3n) is 3.10. The van der Waals surface area contributed by atoms with E-state index in [0.717, 1.165) is 11.1 Å². The maximum atomic E-state index is 9.89. The molecule has 0 fully saturated rings. The zero-order chi connectivity index (χ0) is 15.3. The Kier molecular flexibility index (Phi) is 4.56. The fraction of sp³-hybridized carbons (Fsp3) is 0.294. The summed E-state index contributed by atoms with van der Waals surface area (Å²) in [4.78, 5) is 4.03. The topological polar surface area (TPSA) is 45.9 Å². The minimum absolute atomic E-state index is 0.528. The van der Waals surface area contributed by atoms with E-state index in [9.17, 15) is 5.26 Å². The van der Waals surface area contributed by atoms with Gasteiger partial charge in [0.15, 0.2) is 13.9 Å². The first-order chi connectivity index (χ1) is 9.95. The second-order valence-corrected chi connectivity index (χ2v) is 10.5. The molecule has 0 saturated heterocycles. The third kappa shape index (κ3) is 4.00. The van der Waals surface area contributed by atoms with Crippen LogP contribution in [0.2, 0.25) is 19.6 Å². The van der Waals surface area contributed by atoms with Crippen LogP contribution in [0.4, 0.5) is 0 Å². The van der Waals surface area contributed by atoms with Gasteiger partial charge in [0, 0.05) is 18.8 Å². The summed E-state index contributed by atoms with van der Waals surface area (Å²) < 4.78 is 6.32. The van der Waals surface area contributed by atoms with Crippen molar-refractivity contribution in [2.75, 3.05) is 0 Å². The molecular formula is C17H20N2OSi. The van der Waals surface area contributed by atoms with Crippen LogP contribution in [0.3, 0.4) is 0 Å². The summed E-state index contributed by atoms with van der Waals surface area (Å²) in [5.41, 5.74) is 1.02. The van der Waals surface area contributed by atoms with Crippen molar-refractivity contribution in [1.82, 2.24) is 4.98 Å². The van der Waals surface area contributed by atoms with E-state index < -0.39 is 13.9 Å². The Morgan fingerprint density at radius 1 is 1.10 bits per heavy atom. The number of nitriles is 1. The first-order valence-electron chi connectivity index (χ1n) is 7.01. The van der Waals surface area contributed by atoms with Gasteiger partial charge in [-0.2, -0.15) is 5.26 Å². The molecule has 0 radical (unpaired) electrons. The number of nitrogens with zero attached hydrogens (tertiary/aromatic N) is 2. The lowest BCUT2D eigenvalue weighted by Crippen LogP contribution is -2.41. The number of pyridine rings is 1. The highest BCUT2D eigenvalue weighted by Crippen LogP contribution is 2.32. The van der Waals surface area contributed by atoms with Crippen molar-refractivity contribution in [2.45, 2.75) is 31.7 Å². The normalized spacial score (nSPS) is 14.2. The Balaban J connectivity index is 2.45. The monoisotopic (exact) mass is 296 g/mol. The zero-order valence-electron chi connectivity index (χ0n) is 12.7. The van der Waals surface area contributed by atoms with Gasteiger partial charge in [-0.1, -0.05) is 30.3 Å². The molecule has 1 aromatic heterocycles. The van der Waals surface area contributed by atoms with E-state index in [1.807, 2.05) is 42.5 Å². The minimum atomic E-state index is -1.89. The van der Waals surface area contributed by atoms with Gasteiger partial charge >= 0.3 is 0 Å². The molecule has 1 atom stereocenters. The van der Waals surface area contributed by atoms with Crippen LogP contribution < -0.4 is 0 Å². The number of benzene rings is 1. The third-order valence-corrected chi connectivity index (χ3v) is 4.06. The second kappa shape index (κ2) is 6.21. The Morgan fingerprint density at radius 2 is 1.71 bits per heavy atom. The lowest BCUT2D eigenvalue weighted by atomic mass is 9.89. The largest absolute Gasteiger partial charge is 0.396 e. The SMILES string of the molecule is C[Si](C)(C)OC(C#N)(Cc1ccncc1)c1ccccc1. The molecule has 0 spiro atoms. The number of aromatic nitrogens is 1. The van der Waals surface area contributed by atoms with Crippen LogP contribution in [0.1, 0.15) is 11.1 Å². The average molecular weight is 296 g/mol. The lowest BCUT2D eigenvalue weighted by Gasteiger charge is -2.34. The lowest BCUT2D eigenvalue weighted by molar-refractivity contribution is 0.119. The van der Waals surface area contributed by atoms with Gasteiger partial charge in [0.1, 0.15) is 6.07 Å². The molecule has 0 bridgehead atoms. The summed E-state index contributed by atoms with van der Waals surface area (Å²) in [6, 6.07) is 16.1. The summed E-state index contributed by atoms with van der Waals surface area (Å²) in [5.74, 6) is 0. The molecule has 2 rings (SSSR count). The van der Waals surface area contributed by atoms with Crippen molar-refractivity contribution in [3.63, 3.8) is 0 Å². The quantitative estimate of drug-likeness (QED) is 0.786. The Labute approximate surface area is 127 Å². The van der Waals surface area contributed by atoms with E-state index in [1.54, 1.807) is 12.4 Å². The summed E-state index contributed by atoms with van der Waals surface area (Å²) in [7, 11) is -1.89. The predicted molar refractivity (Wildman–Crippen MR) is 86.1 cm³/mol. The molecule has 1 heterocycles. The van der Waals surface area contributed by atoms with Crippen LogP contribution in [-0.4, -0.2) is 13.3 Å². The fourth-order valence-corrected chi connectivity index (χ4v) is 3.62. The van der Waals surface area contributed by atoms with E-state index >= 15 is 0 Å². The smallest absolute Gasteiger partial charge is 0.186 e. The van der Waals surface area contributed by atoms with Crippen LogP contribution in [0.25, 0.3) is 0 Å². The Morgan fingerprint density at radius 3 is 2.24 bits per heavy atom. The summed E-state index contributed by atoms with van der Waals surface area (Å²) in [5, 5.41) is 9.89. The van der Waals surface area contributed by atoms with Crippen molar-refractivity contribution in [2.24, 2.45) is 0 Å². The van der Waals surface area contributed by atoms with Gasteiger partial charge in [-0.05, 0) is 42.9 Å². The number of rotatable bonds is 5. The van der Waals surface area contributed by atoms with Crippen LogP contribution in [0.15, 0.2) is 54.9 Å². The van der Waals surface area contributed by atoms with Crippen LogP contribution in [-0.2, 0) is 16.4 Å². The number of hydrogen-bond acceptors (Lipinski definition) is 3. The van der Waals surface area contributed by atoms with Crippen LogP contribution >= 0.6 is 0 Å². The molecule has 0 N–H and O–H groups in total. The Hall–Kier alpha value is -1.96. The van der Waals surface area contributed by atoms with E-state index in [0.29, 0.717) is 6.42 Å². The average Bonchev–Trinajstić information content (AvgIpc) is 2.47. The molecule has 0 aliphatic heterocycles. The summed E-state index contributed by atoms with van der Waals surface area (Å²) in [6.45, 7) is 6.32. The number of hydrogen-bond donors (Lipinski definition) is 0. The first-order valence-corrected chi connectivity index (χ1v) is 10.4. The van der Waals surface area contributed by atoms with Gasteiger partial charge in [0.25, 0.3) is 0 Å². The van der Waals surface area contributed by atoms with Crippen molar-refractivity contribution in [3.8, 4) is 6.07 Å².